The topological polar surface area (TPSA) is 69.0 Å². The van der Waals surface area contributed by atoms with Crippen LogP contribution in [0.2, 0.25) is 0 Å². The Bertz CT molecular complexity index is 416. The van der Waals surface area contributed by atoms with Crippen LogP contribution in [0.15, 0.2) is 17.2 Å². The fraction of sp³-hybridized carbons (Fsp3) is 0.333. The molecule has 0 aromatic heterocycles. The zero-order chi connectivity index (χ0) is 11.4. The van der Waals surface area contributed by atoms with E-state index in [0.29, 0.717) is 0 Å². The summed E-state index contributed by atoms with van der Waals surface area (Å²) >= 11 is 0. The Hall–Kier alpha value is -1.65. The van der Waals surface area contributed by atoms with Crippen LogP contribution in [0.1, 0.15) is 17.2 Å². The molecule has 6 heteroatoms. The quantitative estimate of drug-likeness (QED) is 0.468. The molecule has 0 saturated carbocycles. The zero-order valence-corrected chi connectivity index (χ0v) is 7.98. The molecule has 0 aliphatic carbocycles. The Kier molecular flexibility index (Phi) is 3.60. The Morgan fingerprint density at radius 3 is 2.73 bits per heavy atom. The van der Waals surface area contributed by atoms with Crippen LogP contribution in [-0.2, 0) is 0 Å². The van der Waals surface area contributed by atoms with Gasteiger partial charge in [0.2, 0.25) is 0 Å². The largest absolute Gasteiger partial charge is 0.396 e. The average Bonchev–Trinajstić information content (AvgIpc) is 2.22. The number of hydrogen-bond donors (Lipinski definition) is 1. The van der Waals surface area contributed by atoms with Crippen LogP contribution in [0.4, 0.5) is 8.78 Å². The molecule has 0 saturated heterocycles. The summed E-state index contributed by atoms with van der Waals surface area (Å²) in [4.78, 5) is 2.43. The summed E-state index contributed by atoms with van der Waals surface area (Å²) in [6, 6.07) is 1.12. The molecule has 0 fully saturated rings. The maximum absolute atomic E-state index is 13.5. The lowest BCUT2D eigenvalue weighted by Crippen LogP contribution is -2.07. The molecule has 0 aliphatic rings. The number of aliphatic hydroxyl groups excluding tert-OH is 1. The minimum absolute atomic E-state index is 0.234. The predicted molar refractivity (Wildman–Crippen MR) is 50.1 cm³/mol. The van der Waals surface area contributed by atoms with Gasteiger partial charge in [-0.3, -0.25) is 0 Å². The molecule has 0 aliphatic heterocycles. The van der Waals surface area contributed by atoms with Gasteiger partial charge in [0.15, 0.2) is 0 Å². The highest BCUT2D eigenvalue weighted by molar-refractivity contribution is 5.29. The van der Waals surface area contributed by atoms with Crippen LogP contribution < -0.4 is 0 Å². The van der Waals surface area contributed by atoms with Gasteiger partial charge in [0, 0.05) is 10.5 Å². The van der Waals surface area contributed by atoms with Crippen molar-refractivity contribution in [1.29, 1.82) is 0 Å². The third-order valence-corrected chi connectivity index (χ3v) is 2.02. The van der Waals surface area contributed by atoms with Gasteiger partial charge in [0.1, 0.15) is 11.6 Å². The number of rotatable bonds is 3. The number of aryl methyl sites for hydroxylation is 1. The second kappa shape index (κ2) is 4.72. The SMILES string of the molecule is Cc1ccc(F)c(C(CO)N=[N+]=[N-])c1F. The van der Waals surface area contributed by atoms with Crippen molar-refractivity contribution in [2.75, 3.05) is 6.61 Å². The lowest BCUT2D eigenvalue weighted by atomic mass is 10.0. The Morgan fingerprint density at radius 2 is 2.20 bits per heavy atom. The summed E-state index contributed by atoms with van der Waals surface area (Å²) in [7, 11) is 0. The second-order valence-electron chi connectivity index (χ2n) is 3.00. The van der Waals surface area contributed by atoms with Gasteiger partial charge < -0.3 is 5.11 Å². The molecule has 0 radical (unpaired) electrons. The van der Waals surface area contributed by atoms with Crippen LogP contribution in [-0.4, -0.2) is 11.7 Å². The predicted octanol–water partition coefficient (Wildman–Crippen LogP) is 2.62. The first-order chi connectivity index (χ1) is 7.11. The molecule has 1 aromatic rings. The Balaban J connectivity index is 3.33. The summed E-state index contributed by atoms with van der Waals surface area (Å²) in [5.74, 6) is -1.62. The van der Waals surface area contributed by atoms with E-state index in [1.165, 1.54) is 13.0 Å². The molecule has 1 unspecified atom stereocenters. The average molecular weight is 213 g/mol. The van der Waals surface area contributed by atoms with Crippen molar-refractivity contribution in [3.8, 4) is 0 Å². The van der Waals surface area contributed by atoms with Crippen LogP contribution in [0.3, 0.4) is 0 Å². The summed E-state index contributed by atoms with van der Waals surface area (Å²) < 4.78 is 26.7. The van der Waals surface area contributed by atoms with E-state index >= 15 is 0 Å². The van der Waals surface area contributed by atoms with Crippen molar-refractivity contribution in [3.05, 3.63) is 45.3 Å². The van der Waals surface area contributed by atoms with Gasteiger partial charge in [0.25, 0.3) is 0 Å². The number of halogens is 2. The molecule has 15 heavy (non-hydrogen) atoms. The van der Waals surface area contributed by atoms with Gasteiger partial charge in [-0.2, -0.15) is 0 Å². The van der Waals surface area contributed by atoms with E-state index in [4.69, 9.17) is 10.6 Å². The van der Waals surface area contributed by atoms with Gasteiger partial charge >= 0.3 is 0 Å². The molecule has 1 aromatic carbocycles. The number of nitrogens with zero attached hydrogens (tertiary/aromatic N) is 3. The molecule has 4 nitrogen and oxygen atoms in total. The van der Waals surface area contributed by atoms with Crippen LogP contribution in [0.5, 0.6) is 0 Å². The van der Waals surface area contributed by atoms with Gasteiger partial charge in [-0.25, -0.2) is 8.78 Å². The third-order valence-electron chi connectivity index (χ3n) is 2.02. The van der Waals surface area contributed by atoms with Crippen molar-refractivity contribution in [2.45, 2.75) is 13.0 Å². The molecule has 0 bridgehead atoms. The summed E-state index contributed by atoms with van der Waals surface area (Å²) in [5.41, 5.74) is 8.02. The monoisotopic (exact) mass is 213 g/mol. The van der Waals surface area contributed by atoms with E-state index in [1.54, 1.807) is 0 Å². The lowest BCUT2D eigenvalue weighted by Gasteiger charge is -2.11. The maximum Gasteiger partial charge on any atom is 0.132 e. The van der Waals surface area contributed by atoms with Crippen molar-refractivity contribution >= 4 is 0 Å². The minimum Gasteiger partial charge on any atom is -0.396 e. The lowest BCUT2D eigenvalue weighted by molar-refractivity contribution is 0.262. The van der Waals surface area contributed by atoms with Crippen LogP contribution in [0.25, 0.3) is 10.4 Å². The highest BCUT2D eigenvalue weighted by Crippen LogP contribution is 2.25. The Morgan fingerprint density at radius 1 is 1.53 bits per heavy atom. The second-order valence-corrected chi connectivity index (χ2v) is 3.00. The normalized spacial score (nSPS) is 12.0. The van der Waals surface area contributed by atoms with E-state index in [0.717, 1.165) is 6.07 Å². The van der Waals surface area contributed by atoms with Crippen molar-refractivity contribution < 1.29 is 13.9 Å². The van der Waals surface area contributed by atoms with E-state index in [1.807, 2.05) is 0 Å². The number of hydrogen-bond acceptors (Lipinski definition) is 2. The standard InChI is InChI=1S/C9H9F2N3O/c1-5-2-3-6(10)8(9(5)11)7(4-15)13-14-12/h2-3,7,15H,4H2,1H3. The van der Waals surface area contributed by atoms with Crippen molar-refractivity contribution in [2.24, 2.45) is 5.11 Å². The molecule has 1 N–H and O–H groups in total. The first-order valence-electron chi connectivity index (χ1n) is 4.21. The van der Waals surface area contributed by atoms with E-state index in [9.17, 15) is 8.78 Å². The van der Waals surface area contributed by atoms with Crippen LogP contribution >= 0.6 is 0 Å². The number of benzene rings is 1. The smallest absolute Gasteiger partial charge is 0.132 e. The fourth-order valence-electron chi connectivity index (χ4n) is 1.23. The molecule has 0 heterocycles. The molecule has 1 rings (SSSR count). The summed E-state index contributed by atoms with van der Waals surface area (Å²) in [6.07, 6.45) is 0. The van der Waals surface area contributed by atoms with E-state index in [2.05, 4.69) is 10.0 Å². The first-order valence-corrected chi connectivity index (χ1v) is 4.21. The third kappa shape index (κ3) is 2.23. The van der Waals surface area contributed by atoms with Crippen LogP contribution in [0, 0.1) is 18.6 Å². The van der Waals surface area contributed by atoms with Gasteiger partial charge in [-0.1, -0.05) is 11.2 Å². The molecule has 1 atom stereocenters. The van der Waals surface area contributed by atoms with Crippen molar-refractivity contribution in [3.63, 3.8) is 0 Å². The highest BCUT2D eigenvalue weighted by atomic mass is 19.1. The summed E-state index contributed by atoms with van der Waals surface area (Å²) in [5, 5.41) is 12.0. The number of aliphatic hydroxyl groups is 1. The first kappa shape index (κ1) is 11.4. The minimum atomic E-state index is -1.23. The molecular weight excluding hydrogens is 204 g/mol. The Labute approximate surface area is 84.8 Å². The zero-order valence-electron chi connectivity index (χ0n) is 7.98. The summed E-state index contributed by atoms with van der Waals surface area (Å²) in [6.45, 7) is 0.824. The molecule has 80 valence electrons. The highest BCUT2D eigenvalue weighted by Gasteiger charge is 2.19. The number of azide groups is 1. The van der Waals surface area contributed by atoms with Gasteiger partial charge in [-0.05, 0) is 24.1 Å². The van der Waals surface area contributed by atoms with E-state index in [-0.39, 0.29) is 5.56 Å². The fourth-order valence-corrected chi connectivity index (χ4v) is 1.23. The van der Waals surface area contributed by atoms with Gasteiger partial charge in [0.05, 0.1) is 12.6 Å². The molecule has 0 amide bonds. The maximum atomic E-state index is 13.5. The van der Waals surface area contributed by atoms with E-state index < -0.39 is 29.8 Å². The van der Waals surface area contributed by atoms with Crippen molar-refractivity contribution in [1.82, 2.24) is 0 Å². The van der Waals surface area contributed by atoms with Gasteiger partial charge in [-0.15, -0.1) is 0 Å². The molecule has 0 spiro atoms. The molecular formula is C9H9F2N3O.